The van der Waals surface area contributed by atoms with E-state index in [0.717, 1.165) is 16.8 Å². The van der Waals surface area contributed by atoms with Gasteiger partial charge in [-0.25, -0.2) is 4.39 Å². The van der Waals surface area contributed by atoms with E-state index in [1.54, 1.807) is 18.2 Å². The summed E-state index contributed by atoms with van der Waals surface area (Å²) in [4.78, 5) is 25.1. The molecule has 0 radical (unpaired) electrons. The molecule has 2 aromatic rings. The lowest BCUT2D eigenvalue weighted by atomic mass is 10.0. The van der Waals surface area contributed by atoms with E-state index in [0.29, 0.717) is 18.4 Å². The molecule has 0 spiro atoms. The van der Waals surface area contributed by atoms with Crippen LogP contribution in [0.25, 0.3) is 0 Å². The molecule has 2 aromatic carbocycles. The molecule has 2 amide bonds. The second kappa shape index (κ2) is 6.67. The van der Waals surface area contributed by atoms with Gasteiger partial charge in [-0.1, -0.05) is 30.3 Å². The summed E-state index contributed by atoms with van der Waals surface area (Å²) in [7, 11) is 0. The predicted octanol–water partition coefficient (Wildman–Crippen LogP) is 3.48. The highest BCUT2D eigenvalue weighted by Crippen LogP contribution is 2.47. The summed E-state index contributed by atoms with van der Waals surface area (Å²) in [5.41, 5.74) is 2.14. The zero-order valence-corrected chi connectivity index (χ0v) is 14.4. The van der Waals surface area contributed by atoms with Crippen LogP contribution in [0.2, 0.25) is 0 Å². The number of carbonyl (C=O) groups excluding carboxylic acids is 2. The SMILES string of the molecule is Cc1cccc(NC(=O)C2(C(=O)NCc3ccccc3F)CC2)c1C. The van der Waals surface area contributed by atoms with E-state index in [9.17, 15) is 14.0 Å². The molecule has 0 unspecified atom stereocenters. The minimum Gasteiger partial charge on any atom is -0.351 e. The molecule has 4 nitrogen and oxygen atoms in total. The Hall–Kier alpha value is -2.69. The van der Waals surface area contributed by atoms with Gasteiger partial charge in [0.05, 0.1) is 0 Å². The lowest BCUT2D eigenvalue weighted by Gasteiger charge is -2.17. The second-order valence-electron chi connectivity index (χ2n) is 6.56. The van der Waals surface area contributed by atoms with E-state index in [1.807, 2.05) is 32.0 Å². The van der Waals surface area contributed by atoms with Gasteiger partial charge in [0.25, 0.3) is 0 Å². The highest BCUT2D eigenvalue weighted by atomic mass is 19.1. The number of nitrogens with one attached hydrogen (secondary N) is 2. The van der Waals surface area contributed by atoms with Gasteiger partial charge >= 0.3 is 0 Å². The molecule has 25 heavy (non-hydrogen) atoms. The van der Waals surface area contributed by atoms with Crippen molar-refractivity contribution in [2.24, 2.45) is 5.41 Å². The van der Waals surface area contributed by atoms with E-state index >= 15 is 0 Å². The van der Waals surface area contributed by atoms with Crippen molar-refractivity contribution >= 4 is 17.5 Å². The van der Waals surface area contributed by atoms with Crippen LogP contribution >= 0.6 is 0 Å². The van der Waals surface area contributed by atoms with Crippen LogP contribution < -0.4 is 10.6 Å². The summed E-state index contributed by atoms with van der Waals surface area (Å²) in [6.07, 6.45) is 1.01. The smallest absolute Gasteiger partial charge is 0.240 e. The molecule has 130 valence electrons. The molecule has 0 aromatic heterocycles. The molecule has 0 atom stereocenters. The number of carbonyl (C=O) groups is 2. The summed E-state index contributed by atoms with van der Waals surface area (Å²) in [5, 5.41) is 5.57. The van der Waals surface area contributed by atoms with E-state index in [4.69, 9.17) is 0 Å². The first kappa shape index (κ1) is 17.1. The average molecular weight is 340 g/mol. The highest BCUT2D eigenvalue weighted by Gasteiger charge is 2.56. The molecule has 0 saturated heterocycles. The van der Waals surface area contributed by atoms with Crippen LogP contribution in [0.15, 0.2) is 42.5 Å². The summed E-state index contributed by atoms with van der Waals surface area (Å²) < 4.78 is 13.6. The van der Waals surface area contributed by atoms with Crippen LogP contribution in [0, 0.1) is 25.1 Å². The van der Waals surface area contributed by atoms with Crippen molar-refractivity contribution in [3.63, 3.8) is 0 Å². The fourth-order valence-electron chi connectivity index (χ4n) is 2.80. The number of hydrogen-bond acceptors (Lipinski definition) is 2. The second-order valence-corrected chi connectivity index (χ2v) is 6.56. The number of amides is 2. The van der Waals surface area contributed by atoms with Gasteiger partial charge in [-0.2, -0.15) is 0 Å². The van der Waals surface area contributed by atoms with E-state index in [2.05, 4.69) is 10.6 Å². The summed E-state index contributed by atoms with van der Waals surface area (Å²) >= 11 is 0. The van der Waals surface area contributed by atoms with Crippen LogP contribution in [0.4, 0.5) is 10.1 Å². The number of rotatable bonds is 5. The Morgan fingerprint density at radius 3 is 2.44 bits per heavy atom. The summed E-state index contributed by atoms with van der Waals surface area (Å²) in [5.74, 6) is -1.02. The minimum absolute atomic E-state index is 0.0734. The van der Waals surface area contributed by atoms with Crippen molar-refractivity contribution in [3.8, 4) is 0 Å². The quantitative estimate of drug-likeness (QED) is 0.819. The maximum atomic E-state index is 13.6. The summed E-state index contributed by atoms with van der Waals surface area (Å²) in [6.45, 7) is 3.98. The number of anilines is 1. The van der Waals surface area contributed by atoms with Crippen molar-refractivity contribution in [1.82, 2.24) is 5.32 Å². The molecular weight excluding hydrogens is 319 g/mol. The van der Waals surface area contributed by atoms with Crippen LogP contribution in [-0.2, 0) is 16.1 Å². The highest BCUT2D eigenvalue weighted by molar-refractivity contribution is 6.13. The largest absolute Gasteiger partial charge is 0.351 e. The topological polar surface area (TPSA) is 58.2 Å². The monoisotopic (exact) mass is 340 g/mol. The molecule has 1 fully saturated rings. The Kier molecular flexibility index (Phi) is 4.57. The Balaban J connectivity index is 1.67. The molecule has 1 aliphatic rings. The molecule has 1 saturated carbocycles. The zero-order valence-electron chi connectivity index (χ0n) is 14.4. The third kappa shape index (κ3) is 3.40. The number of aryl methyl sites for hydroxylation is 1. The van der Waals surface area contributed by atoms with Crippen LogP contribution in [0.3, 0.4) is 0 Å². The predicted molar refractivity (Wildman–Crippen MR) is 94.5 cm³/mol. The van der Waals surface area contributed by atoms with Crippen molar-refractivity contribution in [2.45, 2.75) is 33.2 Å². The van der Waals surface area contributed by atoms with Gasteiger partial charge in [-0.05, 0) is 49.9 Å². The van der Waals surface area contributed by atoms with Crippen molar-refractivity contribution in [2.75, 3.05) is 5.32 Å². The zero-order chi connectivity index (χ0) is 18.0. The van der Waals surface area contributed by atoms with E-state index in [1.165, 1.54) is 6.07 Å². The van der Waals surface area contributed by atoms with Gasteiger partial charge in [-0.3, -0.25) is 9.59 Å². The minimum atomic E-state index is -1.04. The van der Waals surface area contributed by atoms with Crippen molar-refractivity contribution in [3.05, 3.63) is 65.0 Å². The van der Waals surface area contributed by atoms with Gasteiger partial charge in [0.2, 0.25) is 11.8 Å². The van der Waals surface area contributed by atoms with Gasteiger partial charge in [0.1, 0.15) is 11.2 Å². The first-order valence-corrected chi connectivity index (χ1v) is 8.33. The maximum absolute atomic E-state index is 13.6. The van der Waals surface area contributed by atoms with Crippen molar-refractivity contribution in [1.29, 1.82) is 0 Å². The average Bonchev–Trinajstić information content (AvgIpc) is 3.40. The molecule has 0 bridgehead atoms. The third-order valence-electron chi connectivity index (χ3n) is 4.87. The maximum Gasteiger partial charge on any atom is 0.240 e. The normalized spacial score (nSPS) is 14.7. The third-order valence-corrected chi connectivity index (χ3v) is 4.87. The molecule has 1 aliphatic carbocycles. The Bertz CT molecular complexity index is 828. The standard InChI is InChI=1S/C20H21FN2O2/c1-13-6-5-9-17(14(13)2)23-19(25)20(10-11-20)18(24)22-12-15-7-3-4-8-16(15)21/h3-9H,10-12H2,1-2H3,(H,22,24)(H,23,25). The number of hydrogen-bond donors (Lipinski definition) is 2. The summed E-state index contributed by atoms with van der Waals surface area (Å²) in [6, 6.07) is 11.9. The van der Waals surface area contributed by atoms with Gasteiger partial charge in [0, 0.05) is 17.8 Å². The Morgan fingerprint density at radius 2 is 1.76 bits per heavy atom. The number of benzene rings is 2. The fourth-order valence-corrected chi connectivity index (χ4v) is 2.80. The van der Waals surface area contributed by atoms with Crippen LogP contribution in [0.5, 0.6) is 0 Å². The Labute approximate surface area is 146 Å². The van der Waals surface area contributed by atoms with Crippen LogP contribution in [0.1, 0.15) is 29.5 Å². The van der Waals surface area contributed by atoms with Gasteiger partial charge < -0.3 is 10.6 Å². The number of halogens is 1. The van der Waals surface area contributed by atoms with E-state index in [-0.39, 0.29) is 24.2 Å². The molecule has 0 aliphatic heterocycles. The van der Waals surface area contributed by atoms with Gasteiger partial charge in [-0.15, -0.1) is 0 Å². The fraction of sp³-hybridized carbons (Fsp3) is 0.300. The first-order valence-electron chi connectivity index (χ1n) is 8.33. The molecule has 3 rings (SSSR count). The Morgan fingerprint density at radius 1 is 1.04 bits per heavy atom. The van der Waals surface area contributed by atoms with Crippen LogP contribution in [-0.4, -0.2) is 11.8 Å². The van der Waals surface area contributed by atoms with E-state index < -0.39 is 5.41 Å². The molecule has 5 heteroatoms. The first-order chi connectivity index (χ1) is 11.9. The van der Waals surface area contributed by atoms with Crippen molar-refractivity contribution < 1.29 is 14.0 Å². The lowest BCUT2D eigenvalue weighted by molar-refractivity contribution is -0.134. The van der Waals surface area contributed by atoms with Gasteiger partial charge in [0.15, 0.2) is 0 Å². The molecule has 2 N–H and O–H groups in total. The lowest BCUT2D eigenvalue weighted by Crippen LogP contribution is -2.39. The molecule has 0 heterocycles. The molecular formula is C20H21FN2O2.